The Kier molecular flexibility index (Phi) is 3.75. The third-order valence-electron chi connectivity index (χ3n) is 2.68. The molecule has 2 N–H and O–H groups in total. The highest BCUT2D eigenvalue weighted by molar-refractivity contribution is 7.91. The molecule has 0 saturated carbocycles. The summed E-state index contributed by atoms with van der Waals surface area (Å²) in [6.45, 7) is 0. The Bertz CT molecular complexity index is 816. The number of nitro groups is 1. The standard InChI is InChI=1S/C12H8ClNO6S/c13-9-5-10(15)11(16)6-12(9)21(19,20)8-3-1-7(2-4-8)14(17)18/h1-6,15-16H. The summed E-state index contributed by atoms with van der Waals surface area (Å²) >= 11 is 5.76. The molecule has 0 radical (unpaired) electrons. The van der Waals surface area contributed by atoms with Crippen LogP contribution in [0.25, 0.3) is 0 Å². The van der Waals surface area contributed by atoms with Crippen LogP contribution in [0.15, 0.2) is 46.2 Å². The lowest BCUT2D eigenvalue weighted by molar-refractivity contribution is -0.384. The van der Waals surface area contributed by atoms with Gasteiger partial charge in [-0.3, -0.25) is 10.1 Å². The molecule has 0 atom stereocenters. The van der Waals surface area contributed by atoms with Crippen molar-refractivity contribution in [2.24, 2.45) is 0 Å². The van der Waals surface area contributed by atoms with Crippen LogP contribution in [0.4, 0.5) is 5.69 Å². The predicted molar refractivity (Wildman–Crippen MR) is 73.3 cm³/mol. The summed E-state index contributed by atoms with van der Waals surface area (Å²) in [6.07, 6.45) is 0. The van der Waals surface area contributed by atoms with E-state index in [4.69, 9.17) is 11.6 Å². The highest BCUT2D eigenvalue weighted by Gasteiger charge is 2.23. The number of phenols is 2. The van der Waals surface area contributed by atoms with Crippen LogP contribution in [0.1, 0.15) is 0 Å². The van der Waals surface area contributed by atoms with Crippen LogP contribution in [0, 0.1) is 10.1 Å². The van der Waals surface area contributed by atoms with Gasteiger partial charge in [-0.15, -0.1) is 0 Å². The Morgan fingerprint density at radius 1 is 1.05 bits per heavy atom. The van der Waals surface area contributed by atoms with Crippen molar-refractivity contribution < 1.29 is 23.6 Å². The summed E-state index contributed by atoms with van der Waals surface area (Å²) < 4.78 is 24.7. The highest BCUT2D eigenvalue weighted by Crippen LogP contribution is 2.36. The van der Waals surface area contributed by atoms with Gasteiger partial charge in [0, 0.05) is 24.3 Å². The lowest BCUT2D eigenvalue weighted by atomic mass is 10.3. The van der Waals surface area contributed by atoms with Gasteiger partial charge in [0.25, 0.3) is 5.69 Å². The number of halogens is 1. The molecule has 0 fully saturated rings. The number of hydrogen-bond acceptors (Lipinski definition) is 6. The third kappa shape index (κ3) is 2.76. The lowest BCUT2D eigenvalue weighted by Gasteiger charge is -2.08. The average Bonchev–Trinajstić information content (AvgIpc) is 2.42. The van der Waals surface area contributed by atoms with Gasteiger partial charge in [0.15, 0.2) is 11.5 Å². The van der Waals surface area contributed by atoms with Crippen LogP contribution in [0.5, 0.6) is 11.5 Å². The van der Waals surface area contributed by atoms with E-state index < -0.39 is 31.2 Å². The highest BCUT2D eigenvalue weighted by atomic mass is 35.5. The zero-order valence-electron chi connectivity index (χ0n) is 10.2. The Hall–Kier alpha value is -2.32. The molecule has 0 amide bonds. The van der Waals surface area contributed by atoms with Crippen molar-refractivity contribution in [1.82, 2.24) is 0 Å². The minimum Gasteiger partial charge on any atom is -0.504 e. The number of sulfone groups is 1. The van der Waals surface area contributed by atoms with Crippen molar-refractivity contribution in [3.8, 4) is 11.5 Å². The second-order valence-corrected chi connectivity index (χ2v) is 6.35. The van der Waals surface area contributed by atoms with Crippen molar-refractivity contribution in [2.75, 3.05) is 0 Å². The molecule has 0 spiro atoms. The van der Waals surface area contributed by atoms with Crippen molar-refractivity contribution in [1.29, 1.82) is 0 Å². The lowest BCUT2D eigenvalue weighted by Crippen LogP contribution is -2.03. The third-order valence-corrected chi connectivity index (χ3v) is 4.91. The maximum Gasteiger partial charge on any atom is 0.269 e. The zero-order valence-corrected chi connectivity index (χ0v) is 11.8. The second kappa shape index (κ2) is 5.23. The fraction of sp³-hybridized carbons (Fsp3) is 0. The molecular weight excluding hydrogens is 322 g/mol. The number of nitrogens with zero attached hydrogens (tertiary/aromatic N) is 1. The summed E-state index contributed by atoms with van der Waals surface area (Å²) in [5.41, 5.74) is -0.256. The maximum atomic E-state index is 12.4. The van der Waals surface area contributed by atoms with Crippen LogP contribution in [-0.4, -0.2) is 23.6 Å². The molecule has 21 heavy (non-hydrogen) atoms. The second-order valence-electron chi connectivity index (χ2n) is 4.03. The van der Waals surface area contributed by atoms with Crippen LogP contribution in [0.3, 0.4) is 0 Å². The van der Waals surface area contributed by atoms with Gasteiger partial charge in [-0.1, -0.05) is 11.6 Å². The van der Waals surface area contributed by atoms with E-state index in [2.05, 4.69) is 0 Å². The molecule has 0 unspecified atom stereocenters. The first-order valence-electron chi connectivity index (χ1n) is 5.44. The van der Waals surface area contributed by atoms with Crippen molar-refractivity contribution in [2.45, 2.75) is 9.79 Å². The van der Waals surface area contributed by atoms with Gasteiger partial charge in [0.05, 0.1) is 19.7 Å². The van der Waals surface area contributed by atoms with Crippen LogP contribution >= 0.6 is 11.6 Å². The fourth-order valence-corrected chi connectivity index (χ4v) is 3.41. The molecule has 2 aromatic rings. The number of aromatic hydroxyl groups is 2. The smallest absolute Gasteiger partial charge is 0.269 e. The summed E-state index contributed by atoms with van der Waals surface area (Å²) in [4.78, 5) is 9.25. The monoisotopic (exact) mass is 329 g/mol. The minimum absolute atomic E-state index is 0.222. The van der Waals surface area contributed by atoms with Gasteiger partial charge >= 0.3 is 0 Å². The SMILES string of the molecule is O=[N+]([O-])c1ccc(S(=O)(=O)c2cc(O)c(O)cc2Cl)cc1. The van der Waals surface area contributed by atoms with E-state index >= 15 is 0 Å². The number of phenolic OH excluding ortho intramolecular Hbond substituents is 2. The van der Waals surface area contributed by atoms with E-state index in [0.717, 1.165) is 36.4 Å². The van der Waals surface area contributed by atoms with E-state index in [9.17, 15) is 28.7 Å². The molecule has 7 nitrogen and oxygen atoms in total. The van der Waals surface area contributed by atoms with Gasteiger partial charge in [-0.25, -0.2) is 8.42 Å². The number of benzene rings is 2. The quantitative estimate of drug-likeness (QED) is 0.507. The van der Waals surface area contributed by atoms with E-state index in [1.54, 1.807) is 0 Å². The van der Waals surface area contributed by atoms with Crippen molar-refractivity contribution in [3.05, 3.63) is 51.5 Å². The minimum atomic E-state index is -4.08. The van der Waals surface area contributed by atoms with Crippen LogP contribution in [-0.2, 0) is 9.84 Å². The Labute approximate surface area is 124 Å². The first-order chi connectivity index (χ1) is 9.73. The first kappa shape index (κ1) is 15.1. The molecule has 0 aliphatic carbocycles. The zero-order chi connectivity index (χ0) is 15.8. The fourth-order valence-electron chi connectivity index (χ4n) is 1.61. The number of nitro benzene ring substituents is 1. The van der Waals surface area contributed by atoms with E-state index in [1.807, 2.05) is 0 Å². The summed E-state index contributed by atoms with van der Waals surface area (Å²) in [6, 6.07) is 5.92. The van der Waals surface area contributed by atoms with Crippen molar-refractivity contribution in [3.63, 3.8) is 0 Å². The molecule has 0 heterocycles. The molecular formula is C12H8ClNO6S. The van der Waals surface area contributed by atoms with Gasteiger partial charge < -0.3 is 10.2 Å². The molecule has 9 heteroatoms. The van der Waals surface area contributed by atoms with E-state index in [1.165, 1.54) is 0 Å². The molecule has 0 aliphatic rings. The Morgan fingerprint density at radius 2 is 1.57 bits per heavy atom. The average molecular weight is 330 g/mol. The van der Waals surface area contributed by atoms with Gasteiger partial charge in [0.1, 0.15) is 0 Å². The molecule has 0 saturated heterocycles. The first-order valence-corrected chi connectivity index (χ1v) is 7.30. The van der Waals surface area contributed by atoms with Crippen LogP contribution in [0.2, 0.25) is 5.02 Å². The molecule has 0 aromatic heterocycles. The van der Waals surface area contributed by atoms with E-state index in [0.29, 0.717) is 0 Å². The molecule has 110 valence electrons. The largest absolute Gasteiger partial charge is 0.504 e. The van der Waals surface area contributed by atoms with Gasteiger partial charge in [-0.2, -0.15) is 0 Å². The molecule has 0 bridgehead atoms. The number of rotatable bonds is 3. The predicted octanol–water partition coefficient (Wildman–Crippen LogP) is 2.49. The Balaban J connectivity index is 2.57. The van der Waals surface area contributed by atoms with Gasteiger partial charge in [0.2, 0.25) is 9.84 Å². The topological polar surface area (TPSA) is 118 Å². The van der Waals surface area contributed by atoms with Crippen LogP contribution < -0.4 is 0 Å². The Morgan fingerprint density at radius 3 is 2.10 bits per heavy atom. The van der Waals surface area contributed by atoms with Crippen molar-refractivity contribution >= 4 is 27.1 Å². The summed E-state index contributed by atoms with van der Waals surface area (Å²) in [5, 5.41) is 28.9. The molecule has 0 aliphatic heterocycles. The molecule has 2 rings (SSSR count). The summed E-state index contributed by atoms with van der Waals surface area (Å²) in [5.74, 6) is -1.19. The molecule has 2 aromatic carbocycles. The van der Waals surface area contributed by atoms with E-state index in [-0.39, 0.29) is 15.6 Å². The number of non-ortho nitro benzene ring substituents is 1. The van der Waals surface area contributed by atoms with Gasteiger partial charge in [-0.05, 0) is 12.1 Å². The maximum absolute atomic E-state index is 12.4. The number of hydrogen-bond donors (Lipinski definition) is 2. The summed E-state index contributed by atoms with van der Waals surface area (Å²) in [7, 11) is -4.08. The normalized spacial score (nSPS) is 11.3.